The van der Waals surface area contributed by atoms with Crippen molar-refractivity contribution in [3.8, 4) is 11.5 Å². The lowest BCUT2D eigenvalue weighted by Crippen LogP contribution is -2.12. The molecule has 122 valence electrons. The number of methoxy groups -OCH3 is 2. The van der Waals surface area contributed by atoms with E-state index < -0.39 is 0 Å². The number of fused-ring (bicyclic) bond motifs is 1. The van der Waals surface area contributed by atoms with Gasteiger partial charge in [0, 0.05) is 16.6 Å². The van der Waals surface area contributed by atoms with Crippen LogP contribution in [0.2, 0.25) is 0 Å². The van der Waals surface area contributed by atoms with Gasteiger partial charge in [0.25, 0.3) is 5.91 Å². The fourth-order valence-electron chi connectivity index (χ4n) is 2.58. The van der Waals surface area contributed by atoms with Gasteiger partial charge in [0.05, 0.1) is 18.7 Å². The molecule has 3 rings (SSSR count). The number of nitrogens with one attached hydrogen (secondary N) is 1. The van der Waals surface area contributed by atoms with Crippen molar-refractivity contribution in [2.75, 3.05) is 19.5 Å². The molecule has 0 spiro atoms. The highest BCUT2D eigenvalue weighted by Gasteiger charge is 2.15. The van der Waals surface area contributed by atoms with E-state index in [4.69, 9.17) is 9.47 Å². The van der Waals surface area contributed by atoms with E-state index in [1.54, 1.807) is 19.2 Å². The summed E-state index contributed by atoms with van der Waals surface area (Å²) in [4.78, 5) is 12.6. The van der Waals surface area contributed by atoms with Crippen LogP contribution in [-0.2, 0) is 0 Å². The second kappa shape index (κ2) is 6.93. The van der Waals surface area contributed by atoms with Crippen LogP contribution in [0.25, 0.3) is 10.8 Å². The molecule has 0 saturated carbocycles. The minimum absolute atomic E-state index is 0.215. The molecule has 0 fully saturated rings. The standard InChI is InChI=1S/C19H16BrNO3/c1-23-17-11-13(10-15(20)18(17)24-2)19(22)21-16-9-5-7-12-6-3-4-8-14(12)16/h3-11H,1-2H3,(H,21,22). The molecular formula is C19H16BrNO3. The van der Waals surface area contributed by atoms with Crippen molar-refractivity contribution in [3.05, 3.63) is 64.6 Å². The number of hydrogen-bond acceptors (Lipinski definition) is 3. The van der Waals surface area contributed by atoms with Gasteiger partial charge < -0.3 is 14.8 Å². The largest absolute Gasteiger partial charge is 0.493 e. The van der Waals surface area contributed by atoms with Crippen molar-refractivity contribution >= 4 is 38.3 Å². The summed E-state index contributed by atoms with van der Waals surface area (Å²) in [5.41, 5.74) is 1.25. The van der Waals surface area contributed by atoms with Gasteiger partial charge in [-0.3, -0.25) is 4.79 Å². The molecular weight excluding hydrogens is 370 g/mol. The highest BCUT2D eigenvalue weighted by Crippen LogP contribution is 2.36. The first kappa shape index (κ1) is 16.3. The van der Waals surface area contributed by atoms with Crippen molar-refractivity contribution in [3.63, 3.8) is 0 Å². The second-order valence-electron chi connectivity index (χ2n) is 5.17. The smallest absolute Gasteiger partial charge is 0.255 e. The molecule has 0 radical (unpaired) electrons. The Hall–Kier alpha value is -2.53. The second-order valence-corrected chi connectivity index (χ2v) is 6.03. The van der Waals surface area contributed by atoms with E-state index in [2.05, 4.69) is 21.2 Å². The van der Waals surface area contributed by atoms with E-state index in [0.29, 0.717) is 21.5 Å². The number of ether oxygens (including phenoxy) is 2. The first-order valence-electron chi connectivity index (χ1n) is 7.34. The van der Waals surface area contributed by atoms with Gasteiger partial charge in [-0.15, -0.1) is 0 Å². The predicted octanol–water partition coefficient (Wildman–Crippen LogP) is 4.87. The zero-order chi connectivity index (χ0) is 17.1. The molecule has 5 heteroatoms. The van der Waals surface area contributed by atoms with Crippen molar-refractivity contribution < 1.29 is 14.3 Å². The predicted molar refractivity (Wildman–Crippen MR) is 99.1 cm³/mol. The van der Waals surface area contributed by atoms with Gasteiger partial charge in [0.15, 0.2) is 11.5 Å². The molecule has 0 aliphatic heterocycles. The number of anilines is 1. The van der Waals surface area contributed by atoms with Crippen LogP contribution in [0.4, 0.5) is 5.69 Å². The maximum atomic E-state index is 12.6. The summed E-state index contributed by atoms with van der Waals surface area (Å²) >= 11 is 3.41. The van der Waals surface area contributed by atoms with Crippen molar-refractivity contribution in [1.29, 1.82) is 0 Å². The molecule has 0 atom stereocenters. The van der Waals surface area contributed by atoms with Gasteiger partial charge in [-0.05, 0) is 39.5 Å². The Kier molecular flexibility index (Phi) is 4.71. The molecule has 0 aliphatic carbocycles. The highest BCUT2D eigenvalue weighted by atomic mass is 79.9. The monoisotopic (exact) mass is 385 g/mol. The third kappa shape index (κ3) is 3.08. The highest BCUT2D eigenvalue weighted by molar-refractivity contribution is 9.10. The number of benzene rings is 3. The van der Waals surface area contributed by atoms with E-state index in [1.807, 2.05) is 42.5 Å². The zero-order valence-electron chi connectivity index (χ0n) is 13.3. The molecule has 0 heterocycles. The van der Waals surface area contributed by atoms with Gasteiger partial charge in [-0.1, -0.05) is 36.4 Å². The Morgan fingerprint density at radius 1 is 1.00 bits per heavy atom. The zero-order valence-corrected chi connectivity index (χ0v) is 14.9. The summed E-state index contributed by atoms with van der Waals surface area (Å²) in [6, 6.07) is 17.1. The average molecular weight is 386 g/mol. The Morgan fingerprint density at radius 2 is 1.75 bits per heavy atom. The third-order valence-electron chi connectivity index (χ3n) is 3.73. The van der Waals surface area contributed by atoms with E-state index in [0.717, 1.165) is 16.5 Å². The van der Waals surface area contributed by atoms with Crippen LogP contribution in [0.3, 0.4) is 0 Å². The van der Waals surface area contributed by atoms with E-state index >= 15 is 0 Å². The Balaban J connectivity index is 1.96. The van der Waals surface area contributed by atoms with Gasteiger partial charge in [-0.25, -0.2) is 0 Å². The number of carbonyl (C=O) groups is 1. The fourth-order valence-corrected chi connectivity index (χ4v) is 3.18. The minimum atomic E-state index is -0.215. The van der Waals surface area contributed by atoms with Gasteiger partial charge in [0.1, 0.15) is 0 Å². The van der Waals surface area contributed by atoms with Crippen LogP contribution >= 0.6 is 15.9 Å². The number of rotatable bonds is 4. The lowest BCUT2D eigenvalue weighted by molar-refractivity contribution is 0.102. The van der Waals surface area contributed by atoms with Gasteiger partial charge >= 0.3 is 0 Å². The summed E-state index contributed by atoms with van der Waals surface area (Å²) in [6.07, 6.45) is 0. The molecule has 0 aliphatic rings. The minimum Gasteiger partial charge on any atom is -0.493 e. The fraction of sp³-hybridized carbons (Fsp3) is 0.105. The normalized spacial score (nSPS) is 10.5. The summed E-state index contributed by atoms with van der Waals surface area (Å²) in [5, 5.41) is 5.03. The lowest BCUT2D eigenvalue weighted by atomic mass is 10.1. The molecule has 3 aromatic rings. The first-order chi connectivity index (χ1) is 11.6. The molecule has 0 saturated heterocycles. The molecule has 24 heavy (non-hydrogen) atoms. The maximum absolute atomic E-state index is 12.6. The summed E-state index contributed by atoms with van der Waals surface area (Å²) in [5.74, 6) is 0.835. The number of carbonyl (C=O) groups excluding carboxylic acids is 1. The molecule has 3 aromatic carbocycles. The van der Waals surface area contributed by atoms with Crippen molar-refractivity contribution in [2.45, 2.75) is 0 Å². The van der Waals surface area contributed by atoms with Gasteiger partial charge in [0.2, 0.25) is 0 Å². The number of halogens is 1. The van der Waals surface area contributed by atoms with Crippen LogP contribution < -0.4 is 14.8 Å². The lowest BCUT2D eigenvalue weighted by Gasteiger charge is -2.13. The molecule has 4 nitrogen and oxygen atoms in total. The Morgan fingerprint density at radius 3 is 2.50 bits per heavy atom. The summed E-state index contributed by atoms with van der Waals surface area (Å²) < 4.78 is 11.2. The van der Waals surface area contributed by atoms with E-state index in [9.17, 15) is 4.79 Å². The van der Waals surface area contributed by atoms with Crippen molar-refractivity contribution in [1.82, 2.24) is 0 Å². The topological polar surface area (TPSA) is 47.6 Å². The van der Waals surface area contributed by atoms with Crippen LogP contribution in [0.1, 0.15) is 10.4 Å². The molecule has 1 amide bonds. The molecule has 0 bridgehead atoms. The number of hydrogen-bond donors (Lipinski definition) is 1. The van der Waals surface area contributed by atoms with Gasteiger partial charge in [-0.2, -0.15) is 0 Å². The molecule has 1 N–H and O–H groups in total. The number of amides is 1. The first-order valence-corrected chi connectivity index (χ1v) is 8.14. The van der Waals surface area contributed by atoms with Crippen molar-refractivity contribution in [2.24, 2.45) is 0 Å². The molecule has 0 aromatic heterocycles. The molecule has 0 unspecified atom stereocenters. The SMILES string of the molecule is COc1cc(C(=O)Nc2cccc3ccccc23)cc(Br)c1OC. The van der Waals surface area contributed by atoms with E-state index in [1.165, 1.54) is 7.11 Å². The van der Waals surface area contributed by atoms with Crippen LogP contribution in [-0.4, -0.2) is 20.1 Å². The summed E-state index contributed by atoms with van der Waals surface area (Å²) in [6.45, 7) is 0. The maximum Gasteiger partial charge on any atom is 0.255 e. The Labute approximate surface area is 148 Å². The quantitative estimate of drug-likeness (QED) is 0.696. The third-order valence-corrected chi connectivity index (χ3v) is 4.32. The van der Waals surface area contributed by atoms with Crippen LogP contribution in [0, 0.1) is 0 Å². The van der Waals surface area contributed by atoms with E-state index in [-0.39, 0.29) is 5.91 Å². The van der Waals surface area contributed by atoms with Crippen LogP contribution in [0.5, 0.6) is 11.5 Å². The van der Waals surface area contributed by atoms with Crippen LogP contribution in [0.15, 0.2) is 59.1 Å². The summed E-state index contributed by atoms with van der Waals surface area (Å²) in [7, 11) is 3.09. The Bertz CT molecular complexity index is 903. The average Bonchev–Trinajstić information content (AvgIpc) is 2.61.